The second kappa shape index (κ2) is 11.8. The molecule has 10 nitrogen and oxygen atoms in total. The van der Waals surface area contributed by atoms with E-state index in [-0.39, 0.29) is 45.8 Å². The van der Waals surface area contributed by atoms with Gasteiger partial charge >= 0.3 is 12.4 Å². The number of rotatable bonds is 6. The minimum atomic E-state index is -4.80. The number of ether oxygens (including phenoxy) is 1. The van der Waals surface area contributed by atoms with Gasteiger partial charge in [-0.25, -0.2) is 14.5 Å². The SMILES string of the molecule is Cc1ccc(C(C)C)c(N2C(=O)CSC2=NC(=O)Nc2ccc(-c3ncn(-c4ccc(OC(F)(F)F)cc4)n3)cc2O)c1. The lowest BCUT2D eigenvalue weighted by Gasteiger charge is -2.22. The summed E-state index contributed by atoms with van der Waals surface area (Å²) in [5.74, 6) is -0.329. The molecule has 1 aliphatic heterocycles. The van der Waals surface area contributed by atoms with E-state index >= 15 is 0 Å². The van der Waals surface area contributed by atoms with Crippen molar-refractivity contribution in [2.75, 3.05) is 16.0 Å². The number of benzene rings is 3. The van der Waals surface area contributed by atoms with Crippen molar-refractivity contribution in [3.63, 3.8) is 0 Å². The first-order valence-electron chi connectivity index (χ1n) is 12.9. The van der Waals surface area contributed by atoms with Gasteiger partial charge in [-0.3, -0.25) is 9.69 Å². The smallest absolute Gasteiger partial charge is 0.506 e. The lowest BCUT2D eigenvalue weighted by Crippen LogP contribution is -2.31. The molecule has 14 heteroatoms. The van der Waals surface area contributed by atoms with Gasteiger partial charge in [0.2, 0.25) is 5.91 Å². The number of carbonyl (C=O) groups is 2. The molecule has 0 bridgehead atoms. The van der Waals surface area contributed by atoms with Crippen LogP contribution in [0.1, 0.15) is 30.9 Å². The van der Waals surface area contributed by atoms with Crippen LogP contribution in [-0.4, -0.2) is 49.1 Å². The van der Waals surface area contributed by atoms with Gasteiger partial charge in [0.15, 0.2) is 11.0 Å². The molecular formula is C29H25F3N6O4S. The van der Waals surface area contributed by atoms with E-state index in [0.717, 1.165) is 35.0 Å². The molecule has 2 heterocycles. The topological polar surface area (TPSA) is 122 Å². The number of hydrogen-bond acceptors (Lipinski definition) is 7. The molecule has 43 heavy (non-hydrogen) atoms. The average Bonchev–Trinajstić information content (AvgIpc) is 3.56. The van der Waals surface area contributed by atoms with Crippen LogP contribution in [0.3, 0.4) is 0 Å². The lowest BCUT2D eigenvalue weighted by molar-refractivity contribution is -0.274. The third kappa shape index (κ3) is 6.80. The molecule has 1 aliphatic rings. The largest absolute Gasteiger partial charge is 0.573 e. The first kappa shape index (κ1) is 29.6. The second-order valence-electron chi connectivity index (χ2n) is 9.85. The summed E-state index contributed by atoms with van der Waals surface area (Å²) in [6.07, 6.45) is -3.43. The molecule has 1 aromatic heterocycles. The zero-order chi connectivity index (χ0) is 30.9. The number of anilines is 2. The number of aliphatic imine (C=N–C) groups is 1. The normalized spacial score (nSPS) is 14.5. The third-order valence-electron chi connectivity index (χ3n) is 6.34. The van der Waals surface area contributed by atoms with Crippen LogP contribution >= 0.6 is 11.8 Å². The summed E-state index contributed by atoms with van der Waals surface area (Å²) in [5.41, 5.74) is 3.53. The molecule has 0 spiro atoms. The fraction of sp³-hybridized carbons (Fsp3) is 0.207. The Balaban J connectivity index is 1.31. The Morgan fingerprint density at radius 3 is 2.53 bits per heavy atom. The Bertz CT molecular complexity index is 1720. The molecule has 3 amide bonds. The van der Waals surface area contributed by atoms with Gasteiger partial charge in [-0.2, -0.15) is 4.99 Å². The molecule has 3 aromatic carbocycles. The third-order valence-corrected chi connectivity index (χ3v) is 7.26. The van der Waals surface area contributed by atoms with Crippen molar-refractivity contribution < 1.29 is 32.6 Å². The number of urea groups is 1. The standard InChI is InChI=1S/C29H25F3N6O4S/c1-16(2)21-10-4-17(3)12-23(21)38-25(40)14-43-28(38)35-27(41)34-22-11-5-18(13-24(22)39)26-33-15-37(36-26)19-6-8-20(9-7-19)42-29(30,31)32/h4-13,15-16,39H,14H2,1-3H3,(H,34,41). The molecule has 0 radical (unpaired) electrons. The number of phenols is 1. The van der Waals surface area contributed by atoms with Gasteiger partial charge in [-0.15, -0.1) is 18.3 Å². The quantitative estimate of drug-likeness (QED) is 0.235. The fourth-order valence-corrected chi connectivity index (χ4v) is 5.20. The van der Waals surface area contributed by atoms with E-state index in [2.05, 4.69) is 25.1 Å². The van der Waals surface area contributed by atoms with Crippen molar-refractivity contribution in [1.29, 1.82) is 0 Å². The Labute approximate surface area is 248 Å². The number of hydrogen-bond donors (Lipinski definition) is 2. The summed E-state index contributed by atoms with van der Waals surface area (Å²) in [5, 5.41) is 17.7. The van der Waals surface area contributed by atoms with Crippen molar-refractivity contribution in [2.24, 2.45) is 4.99 Å². The van der Waals surface area contributed by atoms with Crippen LogP contribution in [0.5, 0.6) is 11.5 Å². The number of carbonyl (C=O) groups excluding carboxylic acids is 2. The summed E-state index contributed by atoms with van der Waals surface area (Å²) in [6.45, 7) is 5.96. The van der Waals surface area contributed by atoms with E-state index in [4.69, 9.17) is 0 Å². The monoisotopic (exact) mass is 610 g/mol. The summed E-state index contributed by atoms with van der Waals surface area (Å²) in [4.78, 5) is 35.4. The number of nitrogens with one attached hydrogen (secondary N) is 1. The summed E-state index contributed by atoms with van der Waals surface area (Å²) in [7, 11) is 0. The molecular weight excluding hydrogens is 585 g/mol. The molecule has 0 saturated carbocycles. The Hall–Kier alpha value is -4.85. The van der Waals surface area contributed by atoms with Crippen LogP contribution in [0, 0.1) is 6.92 Å². The van der Waals surface area contributed by atoms with Gasteiger partial charge in [-0.1, -0.05) is 37.7 Å². The zero-order valence-electron chi connectivity index (χ0n) is 23.1. The number of amides is 3. The molecule has 0 unspecified atom stereocenters. The van der Waals surface area contributed by atoms with Crippen LogP contribution in [0.25, 0.3) is 17.1 Å². The number of nitrogens with zero attached hydrogens (tertiary/aromatic N) is 5. The number of halogens is 3. The molecule has 0 aliphatic carbocycles. The van der Waals surface area contributed by atoms with Crippen LogP contribution in [0.4, 0.5) is 29.3 Å². The Morgan fingerprint density at radius 1 is 1.12 bits per heavy atom. The summed E-state index contributed by atoms with van der Waals surface area (Å²) < 4.78 is 42.4. The highest BCUT2D eigenvalue weighted by Crippen LogP contribution is 2.35. The first-order chi connectivity index (χ1) is 20.4. The van der Waals surface area contributed by atoms with Crippen molar-refractivity contribution in [1.82, 2.24) is 14.8 Å². The van der Waals surface area contributed by atoms with E-state index < -0.39 is 12.4 Å². The number of thioether (sulfide) groups is 1. The molecule has 1 saturated heterocycles. The first-order valence-corrected chi connectivity index (χ1v) is 13.9. The van der Waals surface area contributed by atoms with Gasteiger partial charge in [0, 0.05) is 5.56 Å². The highest BCUT2D eigenvalue weighted by Gasteiger charge is 2.33. The highest BCUT2D eigenvalue weighted by atomic mass is 32.2. The molecule has 5 rings (SSSR count). The zero-order valence-corrected chi connectivity index (χ0v) is 23.9. The molecule has 0 atom stereocenters. The van der Waals surface area contributed by atoms with Crippen molar-refractivity contribution in [3.05, 3.63) is 78.1 Å². The minimum absolute atomic E-state index is 0.0806. The summed E-state index contributed by atoms with van der Waals surface area (Å²) >= 11 is 1.15. The van der Waals surface area contributed by atoms with Crippen molar-refractivity contribution in [3.8, 4) is 28.6 Å². The average molecular weight is 611 g/mol. The second-order valence-corrected chi connectivity index (χ2v) is 10.8. The number of phenolic OH excluding ortho intramolecular Hbond substituents is 1. The predicted molar refractivity (Wildman–Crippen MR) is 157 cm³/mol. The van der Waals surface area contributed by atoms with Gasteiger partial charge in [0.05, 0.1) is 22.8 Å². The van der Waals surface area contributed by atoms with Crippen LogP contribution in [0.2, 0.25) is 0 Å². The van der Waals surface area contributed by atoms with Crippen LogP contribution < -0.4 is 15.0 Å². The van der Waals surface area contributed by atoms with Crippen LogP contribution in [-0.2, 0) is 4.79 Å². The molecule has 2 N–H and O–H groups in total. The lowest BCUT2D eigenvalue weighted by atomic mass is 9.99. The number of amidine groups is 1. The van der Waals surface area contributed by atoms with E-state index in [1.165, 1.54) is 40.2 Å². The number of aryl methyl sites for hydroxylation is 1. The van der Waals surface area contributed by atoms with Gasteiger partial charge in [0.25, 0.3) is 0 Å². The Morgan fingerprint density at radius 2 is 1.86 bits per heavy atom. The summed E-state index contributed by atoms with van der Waals surface area (Å²) in [6, 6.07) is 14.5. The maximum absolute atomic E-state index is 12.8. The van der Waals surface area contributed by atoms with Gasteiger partial charge in [-0.05, 0) is 72.5 Å². The minimum Gasteiger partial charge on any atom is -0.506 e. The molecule has 4 aromatic rings. The van der Waals surface area contributed by atoms with Crippen LogP contribution in [0.15, 0.2) is 72.0 Å². The van der Waals surface area contributed by atoms with E-state index in [1.54, 1.807) is 6.07 Å². The fourth-order valence-electron chi connectivity index (χ4n) is 4.34. The maximum Gasteiger partial charge on any atom is 0.573 e. The van der Waals surface area contributed by atoms with E-state index in [1.807, 2.05) is 39.0 Å². The van der Waals surface area contributed by atoms with E-state index in [0.29, 0.717) is 16.9 Å². The van der Waals surface area contributed by atoms with Gasteiger partial charge < -0.3 is 15.2 Å². The number of aromatic nitrogens is 3. The Kier molecular flexibility index (Phi) is 8.13. The highest BCUT2D eigenvalue weighted by molar-refractivity contribution is 8.15. The van der Waals surface area contributed by atoms with Crippen molar-refractivity contribution in [2.45, 2.75) is 33.1 Å². The molecule has 1 fully saturated rings. The number of alkyl halides is 3. The van der Waals surface area contributed by atoms with Gasteiger partial charge in [0.1, 0.15) is 17.8 Å². The van der Waals surface area contributed by atoms with E-state index in [9.17, 15) is 27.9 Å². The van der Waals surface area contributed by atoms with Crippen molar-refractivity contribution >= 4 is 40.2 Å². The number of aromatic hydroxyl groups is 1. The predicted octanol–water partition coefficient (Wildman–Crippen LogP) is 6.64. The molecule has 222 valence electrons. The maximum atomic E-state index is 12.8.